The van der Waals surface area contributed by atoms with Crippen molar-refractivity contribution in [1.82, 2.24) is 5.32 Å². The van der Waals surface area contributed by atoms with Gasteiger partial charge >= 0.3 is 13.8 Å². The first-order chi connectivity index (χ1) is 36.9. The van der Waals surface area contributed by atoms with Crippen LogP contribution >= 0.6 is 7.82 Å². The molecule has 0 aromatic heterocycles. The molecule has 0 spiro atoms. The summed E-state index contributed by atoms with van der Waals surface area (Å²) in [5.74, 6) is -0.559. The zero-order chi connectivity index (χ0) is 55.7. The Hall–Kier alpha value is -3.07. The maximum absolute atomic E-state index is 13.5. The van der Waals surface area contributed by atoms with E-state index in [0.717, 1.165) is 96.3 Å². The molecule has 0 aliphatic rings. The third kappa shape index (κ3) is 55.7. The number of ether oxygens (including phenoxy) is 1. The van der Waals surface area contributed by atoms with Crippen molar-refractivity contribution in [3.63, 3.8) is 0 Å². The van der Waals surface area contributed by atoms with Gasteiger partial charge in [0.05, 0.1) is 33.8 Å². The number of hydrogen-bond donors (Lipinski definition) is 2. The summed E-state index contributed by atoms with van der Waals surface area (Å²) >= 11 is 0. The lowest BCUT2D eigenvalue weighted by Crippen LogP contribution is -2.47. The number of esters is 1. The maximum atomic E-state index is 13.5. The van der Waals surface area contributed by atoms with Crippen LogP contribution in [0.4, 0.5) is 0 Å². The summed E-state index contributed by atoms with van der Waals surface area (Å²) in [6.45, 7) is 6.91. The monoisotopic (exact) mass is 1080 g/mol. The van der Waals surface area contributed by atoms with Crippen molar-refractivity contribution in [2.24, 2.45) is 0 Å². The van der Waals surface area contributed by atoms with Crippen molar-refractivity contribution in [1.29, 1.82) is 0 Å². The molecule has 9 nitrogen and oxygen atoms in total. The summed E-state index contributed by atoms with van der Waals surface area (Å²) in [4.78, 5) is 37.7. The van der Waals surface area contributed by atoms with Gasteiger partial charge in [0.2, 0.25) is 5.91 Å². The molecular formula is C66H118N2O7P+. The Bertz CT molecular complexity index is 1620. The van der Waals surface area contributed by atoms with E-state index in [4.69, 9.17) is 13.8 Å². The zero-order valence-corrected chi connectivity index (χ0v) is 50.9. The van der Waals surface area contributed by atoms with Gasteiger partial charge in [0, 0.05) is 12.8 Å². The Balaban J connectivity index is 5.36. The van der Waals surface area contributed by atoms with Gasteiger partial charge < -0.3 is 19.4 Å². The fourth-order valence-electron chi connectivity index (χ4n) is 8.40. The lowest BCUT2D eigenvalue weighted by atomic mass is 10.0. The number of nitrogens with one attached hydrogen (secondary N) is 1. The quantitative estimate of drug-likeness (QED) is 0.0205. The normalized spacial score (nSPS) is 14.4. The molecule has 76 heavy (non-hydrogen) atoms. The van der Waals surface area contributed by atoms with Crippen LogP contribution in [0.15, 0.2) is 97.2 Å². The molecule has 2 N–H and O–H groups in total. The third-order valence-electron chi connectivity index (χ3n) is 13.2. The number of phosphoric ester groups is 1. The van der Waals surface area contributed by atoms with Gasteiger partial charge in [-0.2, -0.15) is 0 Å². The van der Waals surface area contributed by atoms with Crippen LogP contribution in [0.25, 0.3) is 0 Å². The van der Waals surface area contributed by atoms with Crippen LogP contribution in [0.3, 0.4) is 0 Å². The molecule has 0 heterocycles. The Morgan fingerprint density at radius 3 is 1.24 bits per heavy atom. The number of amides is 1. The first-order valence-corrected chi connectivity index (χ1v) is 32.6. The van der Waals surface area contributed by atoms with E-state index in [1.807, 2.05) is 33.3 Å². The van der Waals surface area contributed by atoms with Crippen LogP contribution in [0, 0.1) is 0 Å². The number of likely N-dealkylation sites (N-methyl/N-ethyl adjacent to an activating group) is 1. The summed E-state index contributed by atoms with van der Waals surface area (Å²) in [5, 5.41) is 3.03. The lowest BCUT2D eigenvalue weighted by molar-refractivity contribution is -0.870. The van der Waals surface area contributed by atoms with Crippen LogP contribution in [0.2, 0.25) is 0 Å². The predicted molar refractivity (Wildman–Crippen MR) is 327 cm³/mol. The molecule has 0 fully saturated rings. The van der Waals surface area contributed by atoms with Gasteiger partial charge in [-0.25, -0.2) is 4.57 Å². The van der Waals surface area contributed by atoms with Gasteiger partial charge in [0.25, 0.3) is 0 Å². The molecule has 0 aliphatic heterocycles. The number of nitrogens with zero attached hydrogens (tertiary/aromatic N) is 1. The standard InChI is InChI=1S/C66H117N2O7P/c1-7-10-13-16-19-22-25-28-30-32-34-36-38-40-43-46-49-52-55-58-65(69)67-63(62-74-76(71,72)73-61-60-68(4,5)6)64(57-54-51-48-45-42-27-24-21-18-15-12-9-3)75-66(70)59-56-53-50-47-44-41-39-37-35-33-31-29-26-23-20-17-14-11-8-2/h19-20,22-23,28-31,34-37,40,43,54,57,63-64H,7-18,21,24-27,32-33,38-39,41-42,44-53,55-56,58-62H2,1-6H3,(H-,67,69,71,72)/p+1/b22-19-,23-20-,30-28-,31-29-,36-34-,37-35-,43-40-,57-54+. The van der Waals surface area contributed by atoms with Gasteiger partial charge in [0.15, 0.2) is 0 Å². The maximum Gasteiger partial charge on any atom is 0.472 e. The summed E-state index contributed by atoms with van der Waals surface area (Å²) in [5.41, 5.74) is 0. The predicted octanol–water partition coefficient (Wildman–Crippen LogP) is 19.2. The van der Waals surface area contributed by atoms with E-state index in [-0.39, 0.29) is 37.9 Å². The number of quaternary nitrogens is 1. The van der Waals surface area contributed by atoms with Crippen molar-refractivity contribution in [3.8, 4) is 0 Å². The number of phosphoric acid groups is 1. The second kappa shape index (κ2) is 55.3. The fourth-order valence-corrected chi connectivity index (χ4v) is 9.14. The first-order valence-electron chi connectivity index (χ1n) is 31.1. The van der Waals surface area contributed by atoms with Crippen LogP contribution in [0.5, 0.6) is 0 Å². The van der Waals surface area contributed by atoms with Crippen LogP contribution in [0.1, 0.15) is 258 Å². The van der Waals surface area contributed by atoms with E-state index in [1.165, 1.54) is 116 Å². The molecule has 1 amide bonds. The summed E-state index contributed by atoms with van der Waals surface area (Å²) in [6.07, 6.45) is 74.0. The Kier molecular flexibility index (Phi) is 53.0. The molecule has 3 atom stereocenters. The van der Waals surface area contributed by atoms with Gasteiger partial charge in [-0.1, -0.05) is 227 Å². The minimum absolute atomic E-state index is 0.0269. The smallest absolute Gasteiger partial charge is 0.456 e. The number of allylic oxidation sites excluding steroid dienone is 15. The molecule has 0 rings (SSSR count). The summed E-state index contributed by atoms with van der Waals surface area (Å²) in [6, 6.07) is -0.876. The Morgan fingerprint density at radius 1 is 0.461 bits per heavy atom. The highest BCUT2D eigenvalue weighted by Crippen LogP contribution is 2.43. The molecule has 438 valence electrons. The van der Waals surface area contributed by atoms with Crippen LogP contribution in [-0.4, -0.2) is 74.3 Å². The molecule has 3 unspecified atom stereocenters. The second-order valence-electron chi connectivity index (χ2n) is 21.9. The molecule has 0 saturated carbocycles. The Labute approximate surface area is 468 Å². The minimum Gasteiger partial charge on any atom is -0.456 e. The topological polar surface area (TPSA) is 111 Å². The number of carbonyl (C=O) groups is 2. The average molecular weight is 1080 g/mol. The highest BCUT2D eigenvalue weighted by Gasteiger charge is 2.30. The number of unbranched alkanes of at least 4 members (excludes halogenated alkanes) is 25. The number of rotatable bonds is 55. The minimum atomic E-state index is -4.47. The highest BCUT2D eigenvalue weighted by atomic mass is 31.2. The largest absolute Gasteiger partial charge is 0.472 e. The molecule has 0 saturated heterocycles. The molecule has 0 bridgehead atoms. The average Bonchev–Trinajstić information content (AvgIpc) is 3.38. The molecular weight excluding hydrogens is 964 g/mol. The summed E-state index contributed by atoms with van der Waals surface area (Å²) < 4.78 is 30.7. The van der Waals surface area contributed by atoms with Crippen molar-refractivity contribution >= 4 is 19.7 Å². The number of carbonyl (C=O) groups excluding carboxylic acids is 2. The molecule has 0 aliphatic carbocycles. The zero-order valence-electron chi connectivity index (χ0n) is 50.0. The van der Waals surface area contributed by atoms with E-state index in [9.17, 15) is 19.0 Å². The van der Waals surface area contributed by atoms with Crippen LogP contribution in [-0.2, 0) is 27.9 Å². The fraction of sp³-hybridized carbons (Fsp3) is 0.727. The molecule has 0 aromatic carbocycles. The van der Waals surface area contributed by atoms with Crippen LogP contribution < -0.4 is 5.32 Å². The van der Waals surface area contributed by atoms with Gasteiger partial charge in [0.1, 0.15) is 19.3 Å². The van der Waals surface area contributed by atoms with E-state index >= 15 is 0 Å². The van der Waals surface area contributed by atoms with E-state index in [1.54, 1.807) is 0 Å². The second-order valence-corrected chi connectivity index (χ2v) is 23.3. The molecule has 10 heteroatoms. The van der Waals surface area contributed by atoms with E-state index in [0.29, 0.717) is 23.9 Å². The SMILES string of the molecule is CCCCC/C=C\C/C=C\C/C=C\C/C=C\CCCCCC(=O)NC(COP(=O)(O)OCC[N+](C)(C)C)C(/C=C/CCCCCCCCCCCC)OC(=O)CCCCCCCC/C=C\C/C=C\C/C=C\CCCCC. The van der Waals surface area contributed by atoms with Crippen molar-refractivity contribution in [3.05, 3.63) is 97.2 Å². The van der Waals surface area contributed by atoms with Gasteiger partial charge in [-0.05, 0) is 115 Å². The van der Waals surface area contributed by atoms with Gasteiger partial charge in [-0.3, -0.25) is 18.6 Å². The van der Waals surface area contributed by atoms with Crippen molar-refractivity contribution in [2.45, 2.75) is 270 Å². The lowest BCUT2D eigenvalue weighted by Gasteiger charge is -2.27. The van der Waals surface area contributed by atoms with Crippen molar-refractivity contribution in [2.75, 3.05) is 40.9 Å². The summed E-state index contributed by atoms with van der Waals surface area (Å²) in [7, 11) is 1.45. The molecule has 0 radical (unpaired) electrons. The van der Waals surface area contributed by atoms with E-state index < -0.39 is 20.0 Å². The Morgan fingerprint density at radius 2 is 0.803 bits per heavy atom. The van der Waals surface area contributed by atoms with Crippen molar-refractivity contribution < 1.29 is 37.3 Å². The molecule has 0 aromatic rings. The van der Waals surface area contributed by atoms with Gasteiger partial charge in [-0.15, -0.1) is 0 Å². The van der Waals surface area contributed by atoms with E-state index in [2.05, 4.69) is 111 Å². The third-order valence-corrected chi connectivity index (χ3v) is 14.2. The number of hydrogen-bond acceptors (Lipinski definition) is 6. The first kappa shape index (κ1) is 72.9. The highest BCUT2D eigenvalue weighted by molar-refractivity contribution is 7.47.